The lowest BCUT2D eigenvalue weighted by atomic mass is 9.95. The minimum atomic E-state index is -0.104. The van der Waals surface area contributed by atoms with Crippen molar-refractivity contribution in [2.24, 2.45) is 4.99 Å². The van der Waals surface area contributed by atoms with Crippen LogP contribution in [0.1, 0.15) is 36.1 Å². The van der Waals surface area contributed by atoms with Gasteiger partial charge in [-0.25, -0.2) is 0 Å². The first-order valence-corrected chi connectivity index (χ1v) is 11.1. The molecule has 0 aliphatic rings. The molecular weight excluding hydrogens is 389 g/mol. The Morgan fingerprint density at radius 2 is 1.67 bits per heavy atom. The number of benzene rings is 3. The number of nitrogens with zero attached hydrogens (tertiary/aromatic N) is 1. The Morgan fingerprint density at radius 3 is 2.40 bits per heavy atom. The average molecular weight is 420 g/mol. The highest BCUT2D eigenvalue weighted by atomic mass is 31.1. The van der Waals surface area contributed by atoms with Crippen molar-refractivity contribution < 1.29 is 9.47 Å². The van der Waals surface area contributed by atoms with Gasteiger partial charge in [0.25, 0.3) is 0 Å². The van der Waals surface area contributed by atoms with Crippen LogP contribution in [0.2, 0.25) is 0 Å². The van der Waals surface area contributed by atoms with Crippen molar-refractivity contribution in [2.45, 2.75) is 25.4 Å². The molecule has 3 rings (SSSR count). The highest BCUT2D eigenvalue weighted by Crippen LogP contribution is 2.46. The van der Waals surface area contributed by atoms with Crippen LogP contribution >= 0.6 is 8.58 Å². The van der Waals surface area contributed by atoms with Gasteiger partial charge in [-0.1, -0.05) is 95.2 Å². The van der Waals surface area contributed by atoms with Crippen molar-refractivity contribution >= 4 is 20.1 Å². The van der Waals surface area contributed by atoms with Crippen LogP contribution in [0.15, 0.2) is 77.8 Å². The summed E-state index contributed by atoms with van der Waals surface area (Å²) >= 11 is 0. The summed E-state index contributed by atoms with van der Waals surface area (Å²) in [6.07, 6.45) is 2.76. The van der Waals surface area contributed by atoms with Crippen LogP contribution in [0.5, 0.6) is 5.75 Å². The molecule has 0 fully saturated rings. The Hall–Kier alpha value is -2.48. The third-order valence-electron chi connectivity index (χ3n) is 5.00. The van der Waals surface area contributed by atoms with E-state index in [-0.39, 0.29) is 11.9 Å². The van der Waals surface area contributed by atoms with E-state index in [1.54, 1.807) is 7.11 Å². The first kappa shape index (κ1) is 22.2. The molecule has 30 heavy (non-hydrogen) atoms. The van der Waals surface area contributed by atoms with Gasteiger partial charge in [-0.05, 0) is 22.0 Å². The smallest absolute Gasteiger partial charge is 0.188 e. The lowest BCUT2D eigenvalue weighted by molar-refractivity contribution is 0.0495. The van der Waals surface area contributed by atoms with E-state index in [9.17, 15) is 0 Å². The summed E-state index contributed by atoms with van der Waals surface area (Å²) in [4.78, 5) is 4.23. The molecular formula is C26H30NO2P. The molecule has 0 aromatic heterocycles. The van der Waals surface area contributed by atoms with Gasteiger partial charge >= 0.3 is 0 Å². The summed E-state index contributed by atoms with van der Waals surface area (Å²) < 4.78 is 11.4. The zero-order valence-electron chi connectivity index (χ0n) is 18.2. The maximum absolute atomic E-state index is 6.15. The Balaban J connectivity index is 1.99. The predicted molar refractivity (Wildman–Crippen MR) is 129 cm³/mol. The van der Waals surface area contributed by atoms with Gasteiger partial charge in [-0.15, -0.1) is 0 Å². The Labute approximate surface area is 182 Å². The molecule has 0 amide bonds. The molecule has 1 atom stereocenters. The van der Waals surface area contributed by atoms with Gasteiger partial charge < -0.3 is 9.47 Å². The van der Waals surface area contributed by atoms with E-state index in [1.807, 2.05) is 19.3 Å². The van der Waals surface area contributed by atoms with E-state index >= 15 is 0 Å². The van der Waals surface area contributed by atoms with Gasteiger partial charge in [0.2, 0.25) is 0 Å². The molecule has 0 spiro atoms. The molecule has 0 saturated heterocycles. The van der Waals surface area contributed by atoms with Crippen molar-refractivity contribution in [1.82, 2.24) is 0 Å². The third kappa shape index (κ3) is 5.56. The molecule has 0 bridgehead atoms. The number of methoxy groups -OCH3 is 1. The van der Waals surface area contributed by atoms with Gasteiger partial charge in [0.1, 0.15) is 5.75 Å². The zero-order chi connectivity index (χ0) is 21.4. The van der Waals surface area contributed by atoms with Crippen LogP contribution in [-0.4, -0.2) is 27.2 Å². The van der Waals surface area contributed by atoms with Crippen molar-refractivity contribution in [3.05, 3.63) is 95.1 Å². The monoisotopic (exact) mass is 419 g/mol. The fourth-order valence-electron chi connectivity index (χ4n) is 3.59. The predicted octanol–water partition coefficient (Wildman–Crippen LogP) is 5.55. The number of aliphatic imine (C=N–C) groups is 1. The average Bonchev–Trinajstić information content (AvgIpc) is 2.75. The van der Waals surface area contributed by atoms with Crippen LogP contribution < -0.4 is 10.0 Å². The van der Waals surface area contributed by atoms with Gasteiger partial charge in [0.15, 0.2) is 6.79 Å². The molecule has 4 heteroatoms. The van der Waals surface area contributed by atoms with Crippen molar-refractivity contribution in [3.8, 4) is 5.75 Å². The fourth-order valence-corrected chi connectivity index (χ4v) is 5.06. The van der Waals surface area contributed by atoms with Crippen LogP contribution in [0, 0.1) is 0 Å². The lowest BCUT2D eigenvalue weighted by Crippen LogP contribution is -2.19. The minimum Gasteiger partial charge on any atom is -0.467 e. The van der Waals surface area contributed by atoms with Gasteiger partial charge in [0, 0.05) is 37.5 Å². The Morgan fingerprint density at radius 1 is 0.933 bits per heavy atom. The molecule has 0 N–H and O–H groups in total. The number of hydrogen-bond acceptors (Lipinski definition) is 3. The van der Waals surface area contributed by atoms with Gasteiger partial charge in [-0.2, -0.15) is 0 Å². The van der Waals surface area contributed by atoms with E-state index in [0.29, 0.717) is 8.58 Å². The van der Waals surface area contributed by atoms with E-state index in [1.165, 1.54) is 27.6 Å². The molecule has 0 heterocycles. The largest absolute Gasteiger partial charge is 0.467 e. The van der Waals surface area contributed by atoms with Crippen LogP contribution in [0.25, 0.3) is 0 Å². The summed E-state index contributed by atoms with van der Waals surface area (Å²) in [5.41, 5.74) is 4.82. The molecule has 0 aliphatic heterocycles. The molecule has 0 radical (unpaired) electrons. The molecule has 1 unspecified atom stereocenters. The second-order valence-electron chi connectivity index (χ2n) is 7.73. The summed E-state index contributed by atoms with van der Waals surface area (Å²) in [7, 11) is 4.04. The van der Waals surface area contributed by atoms with E-state index < -0.39 is 0 Å². The molecule has 0 aliphatic carbocycles. The topological polar surface area (TPSA) is 30.8 Å². The van der Waals surface area contributed by atoms with Crippen LogP contribution in [-0.2, 0) is 16.3 Å². The molecule has 0 saturated carbocycles. The van der Waals surface area contributed by atoms with E-state index in [2.05, 4.69) is 85.6 Å². The molecule has 156 valence electrons. The number of para-hydroxylation sites is 1. The second kappa shape index (κ2) is 10.5. The highest BCUT2D eigenvalue weighted by Gasteiger charge is 2.27. The normalized spacial score (nSPS) is 12.1. The highest BCUT2D eigenvalue weighted by molar-refractivity contribution is 7.48. The molecule has 3 aromatic carbocycles. The second-order valence-corrected chi connectivity index (χ2v) is 9.77. The zero-order valence-corrected chi connectivity index (χ0v) is 19.2. The minimum absolute atomic E-state index is 0.104. The van der Waals surface area contributed by atoms with Crippen LogP contribution in [0.4, 0.5) is 0 Å². The maximum Gasteiger partial charge on any atom is 0.188 e. The Bertz CT molecular complexity index is 983. The first-order valence-electron chi connectivity index (χ1n) is 10.1. The summed E-state index contributed by atoms with van der Waals surface area (Å²) in [5, 5.41) is 1.20. The van der Waals surface area contributed by atoms with Crippen molar-refractivity contribution in [1.29, 1.82) is 0 Å². The molecule has 3 aromatic rings. The summed E-state index contributed by atoms with van der Waals surface area (Å²) in [6.45, 7) is 4.80. The fraction of sp³-hybridized carbons (Fsp3) is 0.269. The number of ether oxygens (including phenoxy) is 2. The van der Waals surface area contributed by atoms with E-state index in [4.69, 9.17) is 9.47 Å². The van der Waals surface area contributed by atoms with E-state index in [0.717, 1.165) is 12.2 Å². The maximum atomic E-state index is 6.15. The molecule has 3 nitrogen and oxygen atoms in total. The SMILES string of the molecule is C/N=C/c1ccccc1PC(C)(C)c1cccc(Cc2ccccc2)c1OCOC. The third-order valence-corrected chi connectivity index (χ3v) is 6.62. The quantitative estimate of drug-likeness (QED) is 0.259. The van der Waals surface area contributed by atoms with Crippen molar-refractivity contribution in [2.75, 3.05) is 21.0 Å². The number of hydrogen-bond donors (Lipinski definition) is 0. The number of rotatable bonds is 9. The lowest BCUT2D eigenvalue weighted by Gasteiger charge is -2.29. The summed E-state index contributed by atoms with van der Waals surface area (Å²) in [6, 6.07) is 25.5. The van der Waals surface area contributed by atoms with Gasteiger partial charge in [0.05, 0.1) is 0 Å². The standard InChI is InChI=1S/C26H30NO2P/c1-26(2,30-24-16-9-8-13-22(24)18-27-3)23-15-10-14-21(25(23)29-19-28-4)17-20-11-6-5-7-12-20/h5-16,18,30H,17,19H2,1-4H3/b27-18+. The van der Waals surface area contributed by atoms with Gasteiger partial charge in [-0.3, -0.25) is 4.99 Å². The Kier molecular flexibility index (Phi) is 7.79. The summed E-state index contributed by atoms with van der Waals surface area (Å²) in [5.74, 6) is 0.933. The first-order chi connectivity index (χ1) is 14.5. The van der Waals surface area contributed by atoms with Crippen molar-refractivity contribution in [3.63, 3.8) is 0 Å². The van der Waals surface area contributed by atoms with Crippen LogP contribution in [0.3, 0.4) is 0 Å².